The van der Waals surface area contributed by atoms with Gasteiger partial charge in [-0.25, -0.2) is 0 Å². The minimum absolute atomic E-state index is 0.371. The molecule has 0 aromatic carbocycles. The Balaban J connectivity index is 0.000000313. The molecular formula is C21H38N4S. The van der Waals surface area contributed by atoms with Crippen LogP contribution in [0.25, 0.3) is 0 Å². The average Bonchev–Trinajstić information content (AvgIpc) is 2.88. The van der Waals surface area contributed by atoms with Crippen LogP contribution in [-0.4, -0.2) is 56.3 Å². The molecule has 3 rings (SSSR count). The molecule has 0 aromatic rings. The van der Waals surface area contributed by atoms with Crippen molar-refractivity contribution in [1.82, 2.24) is 15.5 Å². The van der Waals surface area contributed by atoms with Crippen LogP contribution in [-0.2, 0) is 0 Å². The highest BCUT2D eigenvalue weighted by molar-refractivity contribution is 8.02. The molecule has 1 aliphatic carbocycles. The molecule has 0 aromatic heterocycles. The van der Waals surface area contributed by atoms with Crippen LogP contribution in [0.4, 0.5) is 0 Å². The number of aliphatic imine (C=N–C) groups is 1. The molecule has 3 aliphatic rings. The van der Waals surface area contributed by atoms with Gasteiger partial charge in [-0.1, -0.05) is 45.1 Å². The number of hydrogen-bond donors (Lipinski definition) is 2. The summed E-state index contributed by atoms with van der Waals surface area (Å²) in [5.41, 5.74) is 1.19. The van der Waals surface area contributed by atoms with Gasteiger partial charge >= 0.3 is 0 Å². The summed E-state index contributed by atoms with van der Waals surface area (Å²) < 4.78 is 0. The fourth-order valence-electron chi connectivity index (χ4n) is 2.81. The molecule has 4 nitrogen and oxygen atoms in total. The number of allylic oxidation sites excluding steroid dienone is 4. The summed E-state index contributed by atoms with van der Waals surface area (Å²) in [6, 6.07) is 0.371. The normalized spacial score (nSPS) is 28.7. The summed E-state index contributed by atoms with van der Waals surface area (Å²) in [7, 11) is 2.15. The Morgan fingerprint density at radius 3 is 2.58 bits per heavy atom. The molecular weight excluding hydrogens is 340 g/mol. The Labute approximate surface area is 165 Å². The molecule has 2 atom stereocenters. The number of nitrogens with zero attached hydrogens (tertiary/aromatic N) is 2. The van der Waals surface area contributed by atoms with Gasteiger partial charge in [-0.05, 0) is 31.7 Å². The van der Waals surface area contributed by atoms with Crippen LogP contribution >= 0.6 is 11.8 Å². The van der Waals surface area contributed by atoms with E-state index in [4.69, 9.17) is 0 Å². The molecule has 1 fully saturated rings. The first kappa shape index (κ1) is 23.2. The summed E-state index contributed by atoms with van der Waals surface area (Å²) in [6.45, 7) is 13.1. The van der Waals surface area contributed by atoms with E-state index in [9.17, 15) is 0 Å². The SMILES string of the molecule is C/C1=C/C(C)C=NC2=CCC=CCC2NCS1.CC.CN1CCNCC1. The van der Waals surface area contributed by atoms with E-state index in [0.29, 0.717) is 12.0 Å². The second-order valence-electron chi connectivity index (χ2n) is 6.59. The van der Waals surface area contributed by atoms with Crippen molar-refractivity contribution in [2.75, 3.05) is 39.1 Å². The third kappa shape index (κ3) is 9.72. The van der Waals surface area contributed by atoms with Crippen molar-refractivity contribution in [3.63, 3.8) is 0 Å². The first-order valence-corrected chi connectivity index (χ1v) is 11.0. The summed E-state index contributed by atoms with van der Waals surface area (Å²) >= 11 is 1.88. The molecule has 2 N–H and O–H groups in total. The highest BCUT2D eigenvalue weighted by Gasteiger charge is 2.14. The Hall–Kier alpha value is -0.880. The quantitative estimate of drug-likeness (QED) is 0.624. The Bertz CT molecular complexity index is 490. The molecule has 0 saturated carbocycles. The molecule has 5 heteroatoms. The molecule has 26 heavy (non-hydrogen) atoms. The zero-order valence-electron chi connectivity index (χ0n) is 17.3. The van der Waals surface area contributed by atoms with Crippen molar-refractivity contribution in [1.29, 1.82) is 0 Å². The van der Waals surface area contributed by atoms with E-state index in [-0.39, 0.29) is 0 Å². The minimum atomic E-state index is 0.371. The van der Waals surface area contributed by atoms with E-state index in [1.165, 1.54) is 23.7 Å². The number of hydrogen-bond acceptors (Lipinski definition) is 5. The van der Waals surface area contributed by atoms with Crippen LogP contribution in [0, 0.1) is 5.92 Å². The van der Waals surface area contributed by atoms with E-state index in [2.05, 4.69) is 71.9 Å². The maximum absolute atomic E-state index is 4.66. The summed E-state index contributed by atoms with van der Waals surface area (Å²) in [6.07, 6.45) is 13.1. The van der Waals surface area contributed by atoms with E-state index in [1.54, 1.807) is 0 Å². The number of likely N-dealkylation sites (N-methyl/N-ethyl adjacent to an activating group) is 1. The van der Waals surface area contributed by atoms with Crippen LogP contribution in [0.5, 0.6) is 0 Å². The number of nitrogens with one attached hydrogen (secondary N) is 2. The summed E-state index contributed by atoms with van der Waals surface area (Å²) in [5.74, 6) is 1.37. The van der Waals surface area contributed by atoms with Gasteiger partial charge in [0.15, 0.2) is 0 Å². The van der Waals surface area contributed by atoms with Crippen molar-refractivity contribution in [3.05, 3.63) is 34.9 Å². The lowest BCUT2D eigenvalue weighted by Gasteiger charge is -2.21. The molecule has 0 bridgehead atoms. The van der Waals surface area contributed by atoms with Crippen molar-refractivity contribution in [3.8, 4) is 0 Å². The lowest BCUT2D eigenvalue weighted by molar-refractivity contribution is 0.291. The monoisotopic (exact) mass is 378 g/mol. The maximum Gasteiger partial charge on any atom is 0.0536 e. The predicted octanol–water partition coefficient (Wildman–Crippen LogP) is 4.04. The topological polar surface area (TPSA) is 39.7 Å². The number of piperazine rings is 1. The average molecular weight is 379 g/mol. The van der Waals surface area contributed by atoms with E-state index in [0.717, 1.165) is 31.8 Å². The minimum Gasteiger partial charge on any atom is -0.314 e. The lowest BCUT2D eigenvalue weighted by Crippen LogP contribution is -2.40. The van der Waals surface area contributed by atoms with Crippen molar-refractivity contribution in [2.45, 2.75) is 46.6 Å². The molecule has 2 aliphatic heterocycles. The van der Waals surface area contributed by atoms with Gasteiger partial charge < -0.3 is 10.2 Å². The van der Waals surface area contributed by atoms with Crippen LogP contribution in [0.3, 0.4) is 0 Å². The van der Waals surface area contributed by atoms with Crippen molar-refractivity contribution in [2.24, 2.45) is 10.9 Å². The van der Waals surface area contributed by atoms with E-state index < -0.39 is 0 Å². The third-order valence-corrected chi connectivity index (χ3v) is 5.19. The molecule has 0 radical (unpaired) electrons. The number of rotatable bonds is 0. The number of thioether (sulfide) groups is 1. The Kier molecular flexibility index (Phi) is 12.7. The first-order valence-electron chi connectivity index (χ1n) is 9.98. The smallest absolute Gasteiger partial charge is 0.0536 e. The molecule has 2 heterocycles. The van der Waals surface area contributed by atoms with Gasteiger partial charge in [0.25, 0.3) is 0 Å². The molecule has 148 valence electrons. The van der Waals surface area contributed by atoms with Gasteiger partial charge in [-0.3, -0.25) is 10.3 Å². The second kappa shape index (κ2) is 14.2. The van der Waals surface area contributed by atoms with Crippen molar-refractivity contribution < 1.29 is 0 Å². The first-order chi connectivity index (χ1) is 12.6. The third-order valence-electron chi connectivity index (χ3n) is 4.29. The van der Waals surface area contributed by atoms with Crippen LogP contribution in [0.2, 0.25) is 0 Å². The van der Waals surface area contributed by atoms with Gasteiger partial charge in [0, 0.05) is 44.2 Å². The summed E-state index contributed by atoms with van der Waals surface area (Å²) in [5, 5.41) is 6.84. The molecule has 0 spiro atoms. The predicted molar refractivity (Wildman–Crippen MR) is 119 cm³/mol. The van der Waals surface area contributed by atoms with Crippen LogP contribution in [0.1, 0.15) is 40.5 Å². The van der Waals surface area contributed by atoms with E-state index in [1.807, 2.05) is 25.6 Å². The Morgan fingerprint density at radius 1 is 1.19 bits per heavy atom. The van der Waals surface area contributed by atoms with Gasteiger partial charge in [0.1, 0.15) is 0 Å². The van der Waals surface area contributed by atoms with Gasteiger partial charge in [-0.2, -0.15) is 0 Å². The maximum atomic E-state index is 4.66. The molecule has 1 saturated heterocycles. The highest BCUT2D eigenvalue weighted by Crippen LogP contribution is 2.20. The largest absolute Gasteiger partial charge is 0.314 e. The zero-order chi connectivity index (χ0) is 19.2. The van der Waals surface area contributed by atoms with Gasteiger partial charge in [0.2, 0.25) is 0 Å². The van der Waals surface area contributed by atoms with E-state index >= 15 is 0 Å². The fourth-order valence-corrected chi connectivity index (χ4v) is 3.63. The standard InChI is InChI=1S/C14H20N2S.C5H12N2.C2H6/c1-11-8-12(2)17-10-16-14-7-5-3-4-6-13(14)15-9-11;1-7-4-2-6-3-5-7;1-2/h3,5-6,8-9,11,14,16H,4,7,10H2,1-2H3;6H,2-5H2,1H3;1-2H3/b12-8-,15-9?;;. The fraction of sp³-hybridized carbons (Fsp3) is 0.667. The second-order valence-corrected chi connectivity index (χ2v) is 7.81. The Morgan fingerprint density at radius 2 is 1.92 bits per heavy atom. The summed E-state index contributed by atoms with van der Waals surface area (Å²) in [4.78, 5) is 8.36. The van der Waals surface area contributed by atoms with Crippen molar-refractivity contribution >= 4 is 18.0 Å². The lowest BCUT2D eigenvalue weighted by atomic mass is 10.1. The highest BCUT2D eigenvalue weighted by atomic mass is 32.2. The zero-order valence-corrected chi connectivity index (χ0v) is 18.1. The molecule has 2 unspecified atom stereocenters. The number of fused-ring (bicyclic) bond motifs is 1. The van der Waals surface area contributed by atoms with Crippen LogP contribution in [0.15, 0.2) is 39.9 Å². The van der Waals surface area contributed by atoms with Crippen LogP contribution < -0.4 is 10.6 Å². The van der Waals surface area contributed by atoms with Gasteiger partial charge in [0.05, 0.1) is 11.7 Å². The van der Waals surface area contributed by atoms with Gasteiger partial charge in [-0.15, -0.1) is 11.8 Å². The molecule has 0 amide bonds.